The molecule has 2 aliphatic heterocycles. The highest BCUT2D eigenvalue weighted by atomic mass is 35.5. The number of likely N-dealkylation sites (N-methyl/N-ethyl adjacent to an activating group) is 1. The fraction of sp³-hybridized carbons (Fsp3) is 0.158. The lowest BCUT2D eigenvalue weighted by molar-refractivity contribution is -0.114. The molecule has 0 radical (unpaired) electrons. The van der Waals surface area contributed by atoms with Crippen LogP contribution >= 0.6 is 11.6 Å². The number of sulfonamides is 1. The minimum absolute atomic E-state index is 0.0429. The Kier molecular flexibility index (Phi) is 4.60. The molecule has 1 atom stereocenters. The molecule has 3 N–H and O–H groups in total. The fourth-order valence-corrected chi connectivity index (χ4v) is 4.14. The van der Waals surface area contributed by atoms with E-state index in [1.54, 1.807) is 31.3 Å². The summed E-state index contributed by atoms with van der Waals surface area (Å²) in [5.41, 5.74) is 2.30. The van der Waals surface area contributed by atoms with Crippen molar-refractivity contribution < 1.29 is 18.0 Å². The number of nitrogens with one attached hydrogen (secondary N) is 1. The van der Waals surface area contributed by atoms with Crippen LogP contribution in [-0.2, 0) is 14.8 Å². The number of urea groups is 1. The van der Waals surface area contributed by atoms with Crippen LogP contribution in [0.1, 0.15) is 11.6 Å². The third-order valence-corrected chi connectivity index (χ3v) is 6.22. The minimum atomic E-state index is -3.83. The summed E-state index contributed by atoms with van der Waals surface area (Å²) >= 11 is 5.96. The van der Waals surface area contributed by atoms with Crippen molar-refractivity contribution in [3.8, 4) is 0 Å². The van der Waals surface area contributed by atoms with Gasteiger partial charge in [-0.25, -0.2) is 18.4 Å². The summed E-state index contributed by atoms with van der Waals surface area (Å²) in [6.45, 7) is 0.191. The van der Waals surface area contributed by atoms with Gasteiger partial charge in [-0.05, 0) is 42.0 Å². The quantitative estimate of drug-likeness (QED) is 0.772. The maximum Gasteiger partial charge on any atom is 0.322 e. The largest absolute Gasteiger partial charge is 0.327 e. The summed E-state index contributed by atoms with van der Waals surface area (Å²) in [5, 5.41) is 8.53. The molecule has 2 aromatic carbocycles. The van der Waals surface area contributed by atoms with Crippen molar-refractivity contribution in [2.45, 2.75) is 10.9 Å². The smallest absolute Gasteiger partial charge is 0.322 e. The molecule has 0 fully saturated rings. The Labute approximate surface area is 172 Å². The molecule has 2 aliphatic rings. The van der Waals surface area contributed by atoms with Crippen LogP contribution in [0.4, 0.5) is 10.5 Å². The summed E-state index contributed by atoms with van der Waals surface area (Å²) < 4.78 is 22.9. The Morgan fingerprint density at radius 2 is 1.69 bits per heavy atom. The Balaban J connectivity index is 1.71. The number of carbonyl (C=O) groups excluding carboxylic acids is 2. The Bertz CT molecular complexity index is 1140. The highest BCUT2D eigenvalue weighted by Gasteiger charge is 2.43. The van der Waals surface area contributed by atoms with Crippen LogP contribution in [0.25, 0.3) is 0 Å². The van der Waals surface area contributed by atoms with Crippen molar-refractivity contribution in [2.24, 2.45) is 5.14 Å². The summed E-state index contributed by atoms with van der Waals surface area (Å²) in [4.78, 5) is 28.6. The van der Waals surface area contributed by atoms with Crippen LogP contribution in [0.2, 0.25) is 5.02 Å². The summed E-state index contributed by atoms with van der Waals surface area (Å²) in [7, 11) is -2.23. The third kappa shape index (κ3) is 3.37. The maximum absolute atomic E-state index is 13.2. The highest BCUT2D eigenvalue weighted by molar-refractivity contribution is 7.89. The zero-order valence-corrected chi connectivity index (χ0v) is 16.9. The molecule has 0 aliphatic carbocycles. The molecule has 0 bridgehead atoms. The van der Waals surface area contributed by atoms with Crippen LogP contribution in [0.3, 0.4) is 0 Å². The molecule has 1 unspecified atom stereocenters. The van der Waals surface area contributed by atoms with Gasteiger partial charge in [0.15, 0.2) is 0 Å². The van der Waals surface area contributed by atoms with E-state index in [2.05, 4.69) is 5.32 Å². The molecule has 4 rings (SSSR count). The van der Waals surface area contributed by atoms with Crippen molar-refractivity contribution >= 4 is 39.2 Å². The minimum Gasteiger partial charge on any atom is -0.327 e. The standard InChI is InChI=1S/C19H17ClN4O4S/c1-23-15-10-24(13-6-8-14(9-7-13)29(21,27)28)18(25)16(15)17(22-19(23)26)11-2-4-12(20)5-3-11/h2-9,17H,10H2,1H3,(H,22,26)(H2,21,27,28). The molecule has 8 nitrogen and oxygen atoms in total. The molecule has 2 heterocycles. The van der Waals surface area contributed by atoms with E-state index in [1.165, 1.54) is 34.1 Å². The molecule has 0 saturated heterocycles. The first-order valence-corrected chi connectivity index (χ1v) is 10.6. The first-order chi connectivity index (χ1) is 13.7. The van der Waals surface area contributed by atoms with Gasteiger partial charge in [-0.1, -0.05) is 23.7 Å². The van der Waals surface area contributed by atoms with Crippen LogP contribution < -0.4 is 15.4 Å². The monoisotopic (exact) mass is 432 g/mol. The van der Waals surface area contributed by atoms with Crippen LogP contribution in [-0.4, -0.2) is 38.8 Å². The number of benzene rings is 2. The number of amides is 3. The topological polar surface area (TPSA) is 113 Å². The van der Waals surface area contributed by atoms with Crippen molar-refractivity contribution in [1.82, 2.24) is 10.2 Å². The summed E-state index contributed by atoms with van der Waals surface area (Å²) in [5.74, 6) is -0.268. The van der Waals surface area contributed by atoms with Gasteiger partial charge in [0, 0.05) is 17.8 Å². The van der Waals surface area contributed by atoms with Crippen molar-refractivity contribution in [3.63, 3.8) is 0 Å². The number of hydrogen-bond acceptors (Lipinski definition) is 4. The number of nitrogens with two attached hydrogens (primary N) is 1. The SMILES string of the molecule is CN1C(=O)NC(c2ccc(Cl)cc2)C2=C1CN(c1ccc(S(N)(=O)=O)cc1)C2=O. The molecular weight excluding hydrogens is 416 g/mol. The lowest BCUT2D eigenvalue weighted by Gasteiger charge is -2.31. The van der Waals surface area contributed by atoms with Gasteiger partial charge in [0.05, 0.1) is 28.8 Å². The van der Waals surface area contributed by atoms with Gasteiger partial charge in [0.2, 0.25) is 10.0 Å². The number of rotatable bonds is 3. The molecule has 2 aromatic rings. The van der Waals surface area contributed by atoms with Crippen LogP contribution in [0, 0.1) is 0 Å². The van der Waals surface area contributed by atoms with Crippen LogP contribution in [0.15, 0.2) is 64.7 Å². The average molecular weight is 433 g/mol. The van der Waals surface area contributed by atoms with Gasteiger partial charge < -0.3 is 10.2 Å². The van der Waals surface area contributed by atoms with Gasteiger partial charge in [0.1, 0.15) is 0 Å². The predicted molar refractivity (Wildman–Crippen MR) is 108 cm³/mol. The maximum atomic E-state index is 13.2. The highest BCUT2D eigenvalue weighted by Crippen LogP contribution is 2.37. The Hall–Kier alpha value is -2.88. The van der Waals surface area contributed by atoms with E-state index in [4.69, 9.17) is 16.7 Å². The summed E-state index contributed by atoms with van der Waals surface area (Å²) in [6, 6.07) is 11.7. The molecule has 10 heteroatoms. The molecule has 0 saturated carbocycles. The number of halogens is 1. The lowest BCUT2D eigenvalue weighted by Crippen LogP contribution is -2.45. The second-order valence-electron chi connectivity index (χ2n) is 6.78. The van der Waals surface area contributed by atoms with Gasteiger partial charge in [-0.3, -0.25) is 9.69 Å². The van der Waals surface area contributed by atoms with Crippen molar-refractivity contribution in [3.05, 3.63) is 70.4 Å². The van der Waals surface area contributed by atoms with Gasteiger partial charge in [-0.15, -0.1) is 0 Å². The van der Waals surface area contributed by atoms with Crippen molar-refractivity contribution in [1.29, 1.82) is 0 Å². The lowest BCUT2D eigenvalue weighted by atomic mass is 9.96. The second kappa shape index (κ2) is 6.87. The van der Waals surface area contributed by atoms with E-state index in [9.17, 15) is 18.0 Å². The van der Waals surface area contributed by atoms with E-state index in [-0.39, 0.29) is 23.4 Å². The Morgan fingerprint density at radius 3 is 2.28 bits per heavy atom. The number of carbonyl (C=O) groups is 2. The Morgan fingerprint density at radius 1 is 1.07 bits per heavy atom. The molecular formula is C19H17ClN4O4S. The normalized spacial score (nSPS) is 19.5. The van der Waals surface area contributed by atoms with E-state index < -0.39 is 16.1 Å². The number of nitrogens with zero attached hydrogens (tertiary/aromatic N) is 2. The molecule has 0 aromatic heterocycles. The average Bonchev–Trinajstić information content (AvgIpc) is 3.02. The molecule has 150 valence electrons. The zero-order chi connectivity index (χ0) is 20.9. The van der Waals surface area contributed by atoms with Crippen molar-refractivity contribution in [2.75, 3.05) is 18.5 Å². The number of anilines is 1. The van der Waals surface area contributed by atoms with E-state index in [0.29, 0.717) is 22.0 Å². The zero-order valence-electron chi connectivity index (χ0n) is 15.3. The van der Waals surface area contributed by atoms with E-state index >= 15 is 0 Å². The number of primary sulfonamides is 1. The van der Waals surface area contributed by atoms with E-state index in [1.807, 2.05) is 0 Å². The molecule has 3 amide bonds. The first kappa shape index (κ1) is 19.4. The summed E-state index contributed by atoms with van der Waals surface area (Å²) in [6.07, 6.45) is 0. The fourth-order valence-electron chi connectivity index (χ4n) is 3.50. The van der Waals surface area contributed by atoms with Gasteiger partial charge >= 0.3 is 6.03 Å². The number of hydrogen-bond donors (Lipinski definition) is 2. The third-order valence-electron chi connectivity index (χ3n) is 5.04. The predicted octanol–water partition coefficient (Wildman–Crippen LogP) is 1.98. The van der Waals surface area contributed by atoms with Crippen LogP contribution in [0.5, 0.6) is 0 Å². The first-order valence-electron chi connectivity index (χ1n) is 8.64. The molecule has 0 spiro atoms. The van der Waals surface area contributed by atoms with E-state index in [0.717, 1.165) is 5.56 Å². The van der Waals surface area contributed by atoms with Gasteiger partial charge in [0.25, 0.3) is 5.91 Å². The second-order valence-corrected chi connectivity index (χ2v) is 8.78. The van der Waals surface area contributed by atoms with Gasteiger partial charge in [-0.2, -0.15) is 0 Å². The molecule has 29 heavy (non-hydrogen) atoms.